The molecule has 0 aliphatic rings. The molecule has 0 bridgehead atoms. The van der Waals surface area contributed by atoms with Gasteiger partial charge in [0.2, 0.25) is 0 Å². The SMILES string of the molecule is CCCOc1c(Cl)cc(C(=O)OCc2cc(=O)n3c(C)csc3n2)cc1OCC. The van der Waals surface area contributed by atoms with Crippen molar-refractivity contribution in [3.63, 3.8) is 0 Å². The molecule has 7 nitrogen and oxygen atoms in total. The summed E-state index contributed by atoms with van der Waals surface area (Å²) in [5, 5.41) is 2.11. The number of ether oxygens (including phenoxy) is 3. The van der Waals surface area contributed by atoms with Gasteiger partial charge in [0.05, 0.1) is 29.5 Å². The van der Waals surface area contributed by atoms with Crippen molar-refractivity contribution in [1.82, 2.24) is 9.38 Å². The van der Waals surface area contributed by atoms with Crippen LogP contribution >= 0.6 is 22.9 Å². The maximum absolute atomic E-state index is 12.5. The number of fused-ring (bicyclic) bond motifs is 1. The monoisotopic (exact) mass is 436 g/mol. The summed E-state index contributed by atoms with van der Waals surface area (Å²) in [6.45, 7) is 6.39. The molecule has 29 heavy (non-hydrogen) atoms. The Labute approximate surface area is 176 Å². The second kappa shape index (κ2) is 9.28. The van der Waals surface area contributed by atoms with Gasteiger partial charge in [0.1, 0.15) is 6.61 Å². The molecule has 154 valence electrons. The Morgan fingerprint density at radius 3 is 2.76 bits per heavy atom. The van der Waals surface area contributed by atoms with Gasteiger partial charge >= 0.3 is 5.97 Å². The molecule has 0 N–H and O–H groups in total. The minimum absolute atomic E-state index is 0.128. The third kappa shape index (κ3) is 4.71. The highest BCUT2D eigenvalue weighted by Gasteiger charge is 2.18. The fraction of sp³-hybridized carbons (Fsp3) is 0.350. The molecule has 0 radical (unpaired) electrons. The van der Waals surface area contributed by atoms with Crippen molar-refractivity contribution in [2.45, 2.75) is 33.8 Å². The second-order valence-corrected chi connectivity index (χ2v) is 7.47. The molecule has 0 aliphatic heterocycles. The second-order valence-electron chi connectivity index (χ2n) is 6.22. The average Bonchev–Trinajstić information content (AvgIpc) is 3.07. The molecular formula is C20H21ClN2O5S. The quantitative estimate of drug-likeness (QED) is 0.491. The van der Waals surface area contributed by atoms with E-state index in [0.717, 1.165) is 12.1 Å². The smallest absolute Gasteiger partial charge is 0.338 e. The minimum Gasteiger partial charge on any atom is -0.490 e. The van der Waals surface area contributed by atoms with E-state index in [4.69, 9.17) is 25.8 Å². The van der Waals surface area contributed by atoms with E-state index < -0.39 is 5.97 Å². The molecule has 0 aliphatic carbocycles. The number of nitrogens with zero attached hydrogens (tertiary/aromatic N) is 2. The Morgan fingerprint density at radius 1 is 1.24 bits per heavy atom. The molecule has 2 heterocycles. The number of benzene rings is 1. The Bertz CT molecular complexity index is 1090. The van der Waals surface area contributed by atoms with Crippen molar-refractivity contribution in [3.05, 3.63) is 55.9 Å². The van der Waals surface area contributed by atoms with Crippen molar-refractivity contribution in [1.29, 1.82) is 0 Å². The molecule has 2 aromatic heterocycles. The van der Waals surface area contributed by atoms with E-state index in [-0.39, 0.29) is 22.8 Å². The first-order chi connectivity index (χ1) is 13.9. The van der Waals surface area contributed by atoms with Crippen LogP contribution in [0.5, 0.6) is 11.5 Å². The summed E-state index contributed by atoms with van der Waals surface area (Å²) in [6.07, 6.45) is 0.812. The maximum Gasteiger partial charge on any atom is 0.338 e. The Hall–Kier alpha value is -2.58. The van der Waals surface area contributed by atoms with Gasteiger partial charge in [-0.25, -0.2) is 9.78 Å². The maximum atomic E-state index is 12.5. The van der Waals surface area contributed by atoms with Gasteiger partial charge < -0.3 is 14.2 Å². The van der Waals surface area contributed by atoms with Crippen LogP contribution in [0.2, 0.25) is 5.02 Å². The number of carbonyl (C=O) groups excluding carboxylic acids is 1. The predicted molar refractivity (Wildman–Crippen MR) is 112 cm³/mol. The number of rotatable bonds is 8. The number of aromatic nitrogens is 2. The first-order valence-corrected chi connectivity index (χ1v) is 10.4. The van der Waals surface area contributed by atoms with Crippen molar-refractivity contribution in [2.24, 2.45) is 0 Å². The molecule has 0 spiro atoms. The molecular weight excluding hydrogens is 416 g/mol. The molecule has 0 unspecified atom stereocenters. The van der Waals surface area contributed by atoms with E-state index in [2.05, 4.69) is 4.98 Å². The molecule has 3 aromatic rings. The van der Waals surface area contributed by atoms with Crippen molar-refractivity contribution < 1.29 is 19.0 Å². The van der Waals surface area contributed by atoms with Crippen molar-refractivity contribution >= 4 is 33.9 Å². The van der Waals surface area contributed by atoms with E-state index in [1.807, 2.05) is 26.2 Å². The highest BCUT2D eigenvalue weighted by atomic mass is 35.5. The molecule has 0 atom stereocenters. The van der Waals surface area contributed by atoms with Crippen LogP contribution in [-0.4, -0.2) is 28.6 Å². The summed E-state index contributed by atoms with van der Waals surface area (Å²) >= 11 is 7.64. The summed E-state index contributed by atoms with van der Waals surface area (Å²) in [5.41, 5.74) is 1.21. The summed E-state index contributed by atoms with van der Waals surface area (Å²) in [6, 6.07) is 4.38. The molecule has 3 rings (SSSR count). The topological polar surface area (TPSA) is 79.1 Å². The third-order valence-electron chi connectivity index (χ3n) is 3.98. The highest BCUT2D eigenvalue weighted by Crippen LogP contribution is 2.37. The standard InChI is InChI=1S/C20H21ClN2O5S/c1-4-6-27-18-15(21)7-13(8-16(18)26-5-2)19(25)28-10-14-9-17(24)23-12(3)11-29-20(23)22-14/h7-9,11H,4-6,10H2,1-3H3. The molecule has 0 saturated carbocycles. The minimum atomic E-state index is -0.598. The van der Waals surface area contributed by atoms with Gasteiger partial charge in [0.25, 0.3) is 5.56 Å². The summed E-state index contributed by atoms with van der Waals surface area (Å²) in [7, 11) is 0. The largest absolute Gasteiger partial charge is 0.490 e. The summed E-state index contributed by atoms with van der Waals surface area (Å²) < 4.78 is 18.0. The van der Waals surface area contributed by atoms with E-state index in [9.17, 15) is 9.59 Å². The number of aryl methyl sites for hydroxylation is 1. The first kappa shape index (κ1) is 21.1. The van der Waals surface area contributed by atoms with Crippen LogP contribution in [0.3, 0.4) is 0 Å². The number of thiazole rings is 1. The Kier molecular flexibility index (Phi) is 6.76. The predicted octanol–water partition coefficient (Wildman–Crippen LogP) is 4.26. The van der Waals surface area contributed by atoms with Crippen LogP contribution in [0, 0.1) is 6.92 Å². The Balaban J connectivity index is 1.79. The van der Waals surface area contributed by atoms with Crippen molar-refractivity contribution in [3.8, 4) is 11.5 Å². The molecule has 0 saturated heterocycles. The van der Waals surface area contributed by atoms with E-state index in [0.29, 0.717) is 35.4 Å². The number of halogens is 1. The van der Waals surface area contributed by atoms with E-state index >= 15 is 0 Å². The molecule has 1 aromatic carbocycles. The lowest BCUT2D eigenvalue weighted by atomic mass is 10.2. The van der Waals surface area contributed by atoms with Gasteiger partial charge in [-0.05, 0) is 32.4 Å². The van der Waals surface area contributed by atoms with Crippen LogP contribution < -0.4 is 15.0 Å². The Morgan fingerprint density at radius 2 is 2.03 bits per heavy atom. The van der Waals surface area contributed by atoms with Gasteiger partial charge in [-0.2, -0.15) is 0 Å². The van der Waals surface area contributed by atoms with Crippen molar-refractivity contribution in [2.75, 3.05) is 13.2 Å². The zero-order chi connectivity index (χ0) is 21.0. The number of esters is 1. The zero-order valence-electron chi connectivity index (χ0n) is 16.4. The fourth-order valence-corrected chi connectivity index (χ4v) is 3.85. The highest BCUT2D eigenvalue weighted by molar-refractivity contribution is 7.15. The van der Waals surface area contributed by atoms with Crippen LogP contribution in [-0.2, 0) is 11.3 Å². The van der Waals surface area contributed by atoms with Gasteiger partial charge in [-0.15, -0.1) is 11.3 Å². The van der Waals surface area contributed by atoms with E-state index in [1.54, 1.807) is 0 Å². The van der Waals surface area contributed by atoms with E-state index in [1.165, 1.54) is 33.9 Å². The molecule has 9 heteroatoms. The van der Waals surface area contributed by atoms with Gasteiger partial charge in [-0.1, -0.05) is 18.5 Å². The first-order valence-electron chi connectivity index (χ1n) is 9.17. The molecule has 0 fully saturated rings. The normalized spacial score (nSPS) is 10.9. The van der Waals surface area contributed by atoms with Gasteiger partial charge in [0.15, 0.2) is 16.5 Å². The lowest BCUT2D eigenvalue weighted by molar-refractivity contribution is 0.0467. The van der Waals surface area contributed by atoms with Crippen LogP contribution in [0.4, 0.5) is 0 Å². The van der Waals surface area contributed by atoms with Crippen LogP contribution in [0.15, 0.2) is 28.4 Å². The zero-order valence-corrected chi connectivity index (χ0v) is 17.9. The fourth-order valence-electron chi connectivity index (χ4n) is 2.69. The number of hydrogen-bond acceptors (Lipinski definition) is 7. The third-order valence-corrected chi connectivity index (χ3v) is 5.20. The molecule has 0 amide bonds. The number of hydrogen-bond donors (Lipinski definition) is 0. The lowest BCUT2D eigenvalue weighted by Gasteiger charge is -2.14. The number of carbonyl (C=O) groups is 1. The summed E-state index contributed by atoms with van der Waals surface area (Å²) in [4.78, 5) is 29.7. The van der Waals surface area contributed by atoms with Gasteiger partial charge in [0, 0.05) is 17.1 Å². The summed E-state index contributed by atoms with van der Waals surface area (Å²) in [5.74, 6) is 0.187. The average molecular weight is 437 g/mol. The van der Waals surface area contributed by atoms with Crippen LogP contribution in [0.1, 0.15) is 42.0 Å². The van der Waals surface area contributed by atoms with Gasteiger partial charge in [-0.3, -0.25) is 9.20 Å². The van der Waals surface area contributed by atoms with Crippen LogP contribution in [0.25, 0.3) is 4.96 Å². The lowest BCUT2D eigenvalue weighted by Crippen LogP contribution is -2.16.